The number of aryl methyl sites for hydroxylation is 2. The Kier molecular flexibility index (Phi) is 3.30. The van der Waals surface area contributed by atoms with Gasteiger partial charge in [-0.15, -0.1) is 0 Å². The standard InChI is InChI=1S/C12H21N3O/c1-8(13)11-4-5-15(6-11)7-12-9(2)14-16-10(12)3/h8,11H,4-7,13H2,1-3H3. The molecule has 2 atom stereocenters. The molecule has 1 aliphatic rings. The lowest BCUT2D eigenvalue weighted by molar-refractivity contribution is 0.305. The highest BCUT2D eigenvalue weighted by Gasteiger charge is 2.26. The lowest BCUT2D eigenvalue weighted by atomic mass is 10.0. The molecule has 4 nitrogen and oxygen atoms in total. The summed E-state index contributed by atoms with van der Waals surface area (Å²) in [6.45, 7) is 9.27. The third-order valence-electron chi connectivity index (χ3n) is 3.62. The number of nitrogens with two attached hydrogens (primary N) is 1. The van der Waals surface area contributed by atoms with Gasteiger partial charge in [-0.1, -0.05) is 5.16 Å². The van der Waals surface area contributed by atoms with Gasteiger partial charge in [0.05, 0.1) is 5.69 Å². The van der Waals surface area contributed by atoms with E-state index in [2.05, 4.69) is 17.0 Å². The molecule has 0 bridgehead atoms. The molecular formula is C12H21N3O. The van der Waals surface area contributed by atoms with Crippen LogP contribution in [0.3, 0.4) is 0 Å². The Morgan fingerprint density at radius 3 is 2.81 bits per heavy atom. The van der Waals surface area contributed by atoms with Crippen molar-refractivity contribution in [3.05, 3.63) is 17.0 Å². The summed E-state index contributed by atoms with van der Waals surface area (Å²) in [7, 11) is 0. The summed E-state index contributed by atoms with van der Waals surface area (Å²) < 4.78 is 5.18. The van der Waals surface area contributed by atoms with Crippen molar-refractivity contribution in [2.45, 2.75) is 39.8 Å². The first kappa shape index (κ1) is 11.6. The lowest BCUT2D eigenvalue weighted by Crippen LogP contribution is -2.29. The Bertz CT molecular complexity index is 340. The molecular weight excluding hydrogens is 202 g/mol. The van der Waals surface area contributed by atoms with Crippen LogP contribution >= 0.6 is 0 Å². The molecule has 0 spiro atoms. The van der Waals surface area contributed by atoms with Gasteiger partial charge < -0.3 is 10.3 Å². The highest BCUT2D eigenvalue weighted by atomic mass is 16.5. The molecule has 1 saturated heterocycles. The van der Waals surface area contributed by atoms with E-state index in [1.54, 1.807) is 0 Å². The molecule has 1 aliphatic heterocycles. The normalized spacial score (nSPS) is 23.9. The first-order chi connectivity index (χ1) is 7.58. The molecule has 16 heavy (non-hydrogen) atoms. The Hall–Kier alpha value is -0.870. The quantitative estimate of drug-likeness (QED) is 0.843. The molecule has 0 radical (unpaired) electrons. The monoisotopic (exact) mass is 223 g/mol. The van der Waals surface area contributed by atoms with Gasteiger partial charge in [0.1, 0.15) is 5.76 Å². The minimum Gasteiger partial charge on any atom is -0.361 e. The molecule has 4 heteroatoms. The first-order valence-electron chi connectivity index (χ1n) is 5.97. The van der Waals surface area contributed by atoms with Gasteiger partial charge in [0.2, 0.25) is 0 Å². The maximum atomic E-state index is 5.94. The van der Waals surface area contributed by atoms with Crippen molar-refractivity contribution in [1.29, 1.82) is 0 Å². The van der Waals surface area contributed by atoms with E-state index in [0.717, 1.165) is 31.1 Å². The molecule has 0 aliphatic carbocycles. The van der Waals surface area contributed by atoms with E-state index in [9.17, 15) is 0 Å². The highest BCUT2D eigenvalue weighted by Crippen LogP contribution is 2.22. The number of nitrogens with zero attached hydrogens (tertiary/aromatic N) is 2. The lowest BCUT2D eigenvalue weighted by Gasteiger charge is -2.17. The summed E-state index contributed by atoms with van der Waals surface area (Å²) in [5.74, 6) is 1.59. The van der Waals surface area contributed by atoms with Crippen LogP contribution in [0.15, 0.2) is 4.52 Å². The zero-order chi connectivity index (χ0) is 11.7. The van der Waals surface area contributed by atoms with E-state index >= 15 is 0 Å². The summed E-state index contributed by atoms with van der Waals surface area (Å²) in [6, 6.07) is 0.301. The zero-order valence-corrected chi connectivity index (χ0v) is 10.4. The maximum Gasteiger partial charge on any atom is 0.138 e. The van der Waals surface area contributed by atoms with Crippen LogP contribution in [0.1, 0.15) is 30.4 Å². The van der Waals surface area contributed by atoms with Gasteiger partial charge >= 0.3 is 0 Å². The average molecular weight is 223 g/mol. The van der Waals surface area contributed by atoms with Crippen molar-refractivity contribution in [2.24, 2.45) is 11.7 Å². The summed E-state index contributed by atoms with van der Waals surface area (Å²) in [5, 5.41) is 3.99. The van der Waals surface area contributed by atoms with E-state index in [-0.39, 0.29) is 0 Å². The van der Waals surface area contributed by atoms with Crippen LogP contribution in [0.25, 0.3) is 0 Å². The molecule has 0 aromatic carbocycles. The predicted molar refractivity (Wildman–Crippen MR) is 63.0 cm³/mol. The topological polar surface area (TPSA) is 55.3 Å². The molecule has 1 aromatic heterocycles. The number of hydrogen-bond acceptors (Lipinski definition) is 4. The number of likely N-dealkylation sites (tertiary alicyclic amines) is 1. The summed E-state index contributed by atoms with van der Waals surface area (Å²) in [6.07, 6.45) is 1.21. The Morgan fingerprint density at radius 2 is 2.31 bits per heavy atom. The van der Waals surface area contributed by atoms with Crippen molar-refractivity contribution in [3.63, 3.8) is 0 Å². The highest BCUT2D eigenvalue weighted by molar-refractivity contribution is 5.20. The van der Waals surface area contributed by atoms with E-state index in [1.165, 1.54) is 12.0 Å². The molecule has 0 amide bonds. The van der Waals surface area contributed by atoms with Crippen LogP contribution in [-0.4, -0.2) is 29.2 Å². The zero-order valence-electron chi connectivity index (χ0n) is 10.4. The van der Waals surface area contributed by atoms with E-state index in [1.807, 2.05) is 13.8 Å². The molecule has 1 aromatic rings. The first-order valence-corrected chi connectivity index (χ1v) is 5.97. The summed E-state index contributed by atoms with van der Waals surface area (Å²) >= 11 is 0. The van der Waals surface area contributed by atoms with Gasteiger partial charge in [-0.2, -0.15) is 0 Å². The second kappa shape index (κ2) is 4.55. The van der Waals surface area contributed by atoms with Crippen LogP contribution in [0.5, 0.6) is 0 Å². The van der Waals surface area contributed by atoms with Crippen LogP contribution in [0, 0.1) is 19.8 Å². The second-order valence-corrected chi connectivity index (χ2v) is 4.95. The molecule has 0 saturated carbocycles. The average Bonchev–Trinajstić information content (AvgIpc) is 2.80. The molecule has 2 unspecified atom stereocenters. The molecule has 2 heterocycles. The van der Waals surface area contributed by atoms with Crippen molar-refractivity contribution < 1.29 is 4.52 Å². The van der Waals surface area contributed by atoms with Crippen LogP contribution in [0.4, 0.5) is 0 Å². The smallest absolute Gasteiger partial charge is 0.138 e. The van der Waals surface area contributed by atoms with Crippen molar-refractivity contribution in [1.82, 2.24) is 10.1 Å². The largest absolute Gasteiger partial charge is 0.361 e. The summed E-state index contributed by atoms with van der Waals surface area (Å²) in [4.78, 5) is 2.44. The van der Waals surface area contributed by atoms with E-state index in [0.29, 0.717) is 12.0 Å². The molecule has 90 valence electrons. The predicted octanol–water partition coefficient (Wildman–Crippen LogP) is 1.46. The third kappa shape index (κ3) is 2.28. The fraction of sp³-hybridized carbons (Fsp3) is 0.750. The SMILES string of the molecule is Cc1noc(C)c1CN1CCC(C(C)N)C1. The molecule has 2 rings (SSSR count). The van der Waals surface area contributed by atoms with Crippen LogP contribution < -0.4 is 5.73 Å². The molecule has 2 N–H and O–H groups in total. The third-order valence-corrected chi connectivity index (χ3v) is 3.62. The number of rotatable bonds is 3. The Morgan fingerprint density at radius 1 is 1.56 bits per heavy atom. The van der Waals surface area contributed by atoms with Gasteiger partial charge in [0, 0.05) is 24.7 Å². The van der Waals surface area contributed by atoms with E-state index < -0.39 is 0 Å². The Balaban J connectivity index is 1.97. The maximum absolute atomic E-state index is 5.94. The van der Waals surface area contributed by atoms with Gasteiger partial charge in [0.15, 0.2) is 0 Å². The number of aromatic nitrogens is 1. The van der Waals surface area contributed by atoms with Crippen molar-refractivity contribution in [2.75, 3.05) is 13.1 Å². The Labute approximate surface area is 96.8 Å². The summed E-state index contributed by atoms with van der Waals surface area (Å²) in [5.41, 5.74) is 8.19. The number of hydrogen-bond donors (Lipinski definition) is 1. The van der Waals surface area contributed by atoms with Crippen LogP contribution in [0.2, 0.25) is 0 Å². The van der Waals surface area contributed by atoms with Gasteiger partial charge in [0.25, 0.3) is 0 Å². The molecule has 1 fully saturated rings. The fourth-order valence-corrected chi connectivity index (χ4v) is 2.39. The fourth-order valence-electron chi connectivity index (χ4n) is 2.39. The van der Waals surface area contributed by atoms with E-state index in [4.69, 9.17) is 10.3 Å². The van der Waals surface area contributed by atoms with Gasteiger partial charge in [-0.25, -0.2) is 0 Å². The van der Waals surface area contributed by atoms with Crippen LogP contribution in [-0.2, 0) is 6.54 Å². The minimum atomic E-state index is 0.301. The van der Waals surface area contributed by atoms with Gasteiger partial charge in [-0.05, 0) is 39.7 Å². The second-order valence-electron chi connectivity index (χ2n) is 4.95. The van der Waals surface area contributed by atoms with Gasteiger partial charge in [-0.3, -0.25) is 4.90 Å². The van der Waals surface area contributed by atoms with Crippen molar-refractivity contribution >= 4 is 0 Å². The van der Waals surface area contributed by atoms with Crippen molar-refractivity contribution in [3.8, 4) is 0 Å². The minimum absolute atomic E-state index is 0.301.